The number of nitrogens with zero attached hydrogens (tertiary/aromatic N) is 3. The summed E-state index contributed by atoms with van der Waals surface area (Å²) in [4.78, 5) is 7.75. The maximum Gasteiger partial charge on any atom is 0.0869 e. The Hall–Kier alpha value is -0.160. The van der Waals surface area contributed by atoms with E-state index < -0.39 is 0 Å². The fraction of sp³-hybridized carbons (Fsp3) is 1.00. The van der Waals surface area contributed by atoms with E-state index in [1.807, 2.05) is 0 Å². The van der Waals surface area contributed by atoms with Crippen LogP contribution in [-0.2, 0) is 4.74 Å². The third kappa shape index (κ3) is 3.48. The summed E-state index contributed by atoms with van der Waals surface area (Å²) >= 11 is 0. The van der Waals surface area contributed by atoms with Gasteiger partial charge in [-0.3, -0.25) is 9.80 Å². The molecule has 0 radical (unpaired) electrons. The Bertz CT molecular complexity index is 281. The maximum atomic E-state index is 5.91. The number of morpholine rings is 1. The van der Waals surface area contributed by atoms with Crippen LogP contribution in [0.5, 0.6) is 0 Å². The number of rotatable bonds is 4. The van der Waals surface area contributed by atoms with Crippen molar-refractivity contribution < 1.29 is 4.74 Å². The van der Waals surface area contributed by atoms with Gasteiger partial charge in [-0.25, -0.2) is 0 Å². The standard InChI is InChI=1S/C15H29N3O/c1-16-10-11-19-15-13-18(12-14(15)16)9-5-8-17-6-3-2-4-7-17/h14-15H,2-13H2,1H3/t14-,15+/m0/s1. The van der Waals surface area contributed by atoms with Gasteiger partial charge in [-0.1, -0.05) is 6.42 Å². The number of hydrogen-bond acceptors (Lipinski definition) is 4. The Morgan fingerprint density at radius 1 is 0.947 bits per heavy atom. The lowest BCUT2D eigenvalue weighted by molar-refractivity contribution is -0.0369. The van der Waals surface area contributed by atoms with Gasteiger partial charge in [0.2, 0.25) is 0 Å². The third-order valence-electron chi connectivity index (χ3n) is 5.05. The average Bonchev–Trinajstić information content (AvgIpc) is 2.84. The SMILES string of the molecule is CN1CCO[C@@H]2CN(CCCN3CCCCC3)C[C@@H]21. The molecule has 0 amide bonds. The van der Waals surface area contributed by atoms with Crippen molar-refractivity contribution in [1.82, 2.24) is 14.7 Å². The van der Waals surface area contributed by atoms with E-state index in [0.717, 1.165) is 19.7 Å². The van der Waals surface area contributed by atoms with Gasteiger partial charge in [0.15, 0.2) is 0 Å². The second kappa shape index (κ2) is 6.53. The van der Waals surface area contributed by atoms with Gasteiger partial charge >= 0.3 is 0 Å². The van der Waals surface area contributed by atoms with Crippen LogP contribution in [0.3, 0.4) is 0 Å². The molecule has 3 rings (SSSR count). The van der Waals surface area contributed by atoms with Gasteiger partial charge in [0.25, 0.3) is 0 Å². The van der Waals surface area contributed by atoms with Gasteiger partial charge in [-0.15, -0.1) is 0 Å². The van der Waals surface area contributed by atoms with Crippen LogP contribution in [-0.4, -0.2) is 86.3 Å². The van der Waals surface area contributed by atoms with Crippen molar-refractivity contribution in [3.05, 3.63) is 0 Å². The number of ether oxygens (including phenoxy) is 1. The molecular weight excluding hydrogens is 238 g/mol. The van der Waals surface area contributed by atoms with Gasteiger partial charge in [-0.05, 0) is 52.5 Å². The molecule has 3 aliphatic rings. The van der Waals surface area contributed by atoms with Crippen molar-refractivity contribution in [2.24, 2.45) is 0 Å². The number of hydrogen-bond donors (Lipinski definition) is 0. The Morgan fingerprint density at radius 2 is 1.74 bits per heavy atom. The van der Waals surface area contributed by atoms with Crippen LogP contribution in [0.25, 0.3) is 0 Å². The molecule has 3 heterocycles. The van der Waals surface area contributed by atoms with Crippen LogP contribution in [0.1, 0.15) is 25.7 Å². The van der Waals surface area contributed by atoms with E-state index in [9.17, 15) is 0 Å². The quantitative estimate of drug-likeness (QED) is 0.752. The zero-order valence-corrected chi connectivity index (χ0v) is 12.4. The predicted molar refractivity (Wildman–Crippen MR) is 77.5 cm³/mol. The summed E-state index contributed by atoms with van der Waals surface area (Å²) in [5.41, 5.74) is 0. The Morgan fingerprint density at radius 3 is 2.53 bits per heavy atom. The zero-order valence-electron chi connectivity index (χ0n) is 12.4. The minimum absolute atomic E-state index is 0.466. The van der Waals surface area contributed by atoms with Crippen LogP contribution in [0.2, 0.25) is 0 Å². The third-order valence-corrected chi connectivity index (χ3v) is 5.05. The van der Waals surface area contributed by atoms with E-state index in [1.54, 1.807) is 0 Å². The van der Waals surface area contributed by atoms with Gasteiger partial charge in [0.1, 0.15) is 0 Å². The van der Waals surface area contributed by atoms with Gasteiger partial charge < -0.3 is 9.64 Å². The number of fused-ring (bicyclic) bond motifs is 1. The summed E-state index contributed by atoms with van der Waals surface area (Å²) in [7, 11) is 2.25. The highest BCUT2D eigenvalue weighted by atomic mass is 16.5. The van der Waals surface area contributed by atoms with E-state index >= 15 is 0 Å². The lowest BCUT2D eigenvalue weighted by Gasteiger charge is -2.33. The maximum absolute atomic E-state index is 5.91. The zero-order chi connectivity index (χ0) is 13.1. The molecule has 3 fully saturated rings. The lowest BCUT2D eigenvalue weighted by Crippen LogP contribution is -2.48. The smallest absolute Gasteiger partial charge is 0.0869 e. The topological polar surface area (TPSA) is 19.0 Å². The van der Waals surface area contributed by atoms with Gasteiger partial charge in [0, 0.05) is 25.7 Å². The molecule has 2 atom stereocenters. The predicted octanol–water partition coefficient (Wildman–Crippen LogP) is 0.877. The molecule has 3 aliphatic heterocycles. The first kappa shape index (κ1) is 13.8. The Labute approximate surface area is 117 Å². The molecule has 0 unspecified atom stereocenters. The molecule has 0 spiro atoms. The summed E-state index contributed by atoms with van der Waals surface area (Å²) in [6.07, 6.45) is 6.05. The highest BCUT2D eigenvalue weighted by Crippen LogP contribution is 2.21. The highest BCUT2D eigenvalue weighted by molar-refractivity contribution is 4.93. The normalized spacial score (nSPS) is 34.6. The molecule has 0 aromatic heterocycles. The number of piperidine rings is 1. The Kier molecular flexibility index (Phi) is 4.74. The number of likely N-dealkylation sites (N-methyl/N-ethyl adjacent to an activating group) is 1. The van der Waals surface area contributed by atoms with Crippen LogP contribution in [0.4, 0.5) is 0 Å². The summed E-state index contributed by atoms with van der Waals surface area (Å²) in [6.45, 7) is 9.58. The average molecular weight is 267 g/mol. The largest absolute Gasteiger partial charge is 0.374 e. The Balaban J connectivity index is 1.37. The minimum atomic E-state index is 0.466. The second-order valence-corrected chi connectivity index (χ2v) is 6.47. The highest BCUT2D eigenvalue weighted by Gasteiger charge is 2.38. The van der Waals surface area contributed by atoms with Crippen LogP contribution < -0.4 is 0 Å². The van der Waals surface area contributed by atoms with E-state index in [-0.39, 0.29) is 0 Å². The summed E-state index contributed by atoms with van der Waals surface area (Å²) in [5.74, 6) is 0. The van der Waals surface area contributed by atoms with E-state index in [1.165, 1.54) is 58.4 Å². The van der Waals surface area contributed by atoms with Crippen LogP contribution in [0, 0.1) is 0 Å². The molecule has 0 aromatic rings. The molecule has 0 saturated carbocycles. The lowest BCUT2D eigenvalue weighted by atomic mass is 10.1. The van der Waals surface area contributed by atoms with Crippen LogP contribution in [0.15, 0.2) is 0 Å². The second-order valence-electron chi connectivity index (χ2n) is 6.47. The fourth-order valence-corrected chi connectivity index (χ4v) is 3.82. The van der Waals surface area contributed by atoms with E-state index in [0.29, 0.717) is 12.1 Å². The van der Waals surface area contributed by atoms with Crippen molar-refractivity contribution in [1.29, 1.82) is 0 Å². The summed E-state index contributed by atoms with van der Waals surface area (Å²) < 4.78 is 5.91. The van der Waals surface area contributed by atoms with Crippen molar-refractivity contribution in [2.45, 2.75) is 37.8 Å². The first-order chi connectivity index (χ1) is 9.33. The molecule has 19 heavy (non-hydrogen) atoms. The van der Waals surface area contributed by atoms with E-state index in [4.69, 9.17) is 4.74 Å². The van der Waals surface area contributed by atoms with Gasteiger partial charge in [-0.2, -0.15) is 0 Å². The molecule has 0 N–H and O–H groups in total. The molecule has 3 saturated heterocycles. The number of likely N-dealkylation sites (tertiary alicyclic amines) is 2. The molecular formula is C15H29N3O. The fourth-order valence-electron chi connectivity index (χ4n) is 3.82. The first-order valence-corrected chi connectivity index (χ1v) is 8.09. The summed E-state index contributed by atoms with van der Waals surface area (Å²) in [6, 6.07) is 0.642. The summed E-state index contributed by atoms with van der Waals surface area (Å²) in [5, 5.41) is 0. The van der Waals surface area contributed by atoms with E-state index in [2.05, 4.69) is 21.7 Å². The van der Waals surface area contributed by atoms with Crippen LogP contribution >= 0.6 is 0 Å². The van der Waals surface area contributed by atoms with Crippen molar-refractivity contribution in [3.8, 4) is 0 Å². The molecule has 0 bridgehead atoms. The molecule has 4 nitrogen and oxygen atoms in total. The first-order valence-electron chi connectivity index (χ1n) is 8.09. The van der Waals surface area contributed by atoms with Crippen molar-refractivity contribution >= 4 is 0 Å². The monoisotopic (exact) mass is 267 g/mol. The molecule has 0 aromatic carbocycles. The molecule has 4 heteroatoms. The van der Waals surface area contributed by atoms with Crippen molar-refractivity contribution in [2.75, 3.05) is 59.5 Å². The molecule has 110 valence electrons. The van der Waals surface area contributed by atoms with Gasteiger partial charge in [0.05, 0.1) is 12.7 Å². The minimum Gasteiger partial charge on any atom is -0.374 e. The van der Waals surface area contributed by atoms with Crippen molar-refractivity contribution in [3.63, 3.8) is 0 Å². The molecule has 0 aliphatic carbocycles.